The van der Waals surface area contributed by atoms with E-state index in [-0.39, 0.29) is 23.6 Å². The molecule has 2 aromatic carbocycles. The third-order valence-electron chi connectivity index (χ3n) is 3.75. The molecule has 29 heavy (non-hydrogen) atoms. The Kier molecular flexibility index (Phi) is 5.63. The van der Waals surface area contributed by atoms with Crippen molar-refractivity contribution >= 4 is 28.7 Å². The largest absolute Gasteiger partial charge is 0.454 e. The van der Waals surface area contributed by atoms with E-state index in [0.29, 0.717) is 16.6 Å². The van der Waals surface area contributed by atoms with Gasteiger partial charge in [-0.2, -0.15) is 0 Å². The van der Waals surface area contributed by atoms with Crippen molar-refractivity contribution in [1.29, 1.82) is 0 Å². The lowest BCUT2D eigenvalue weighted by molar-refractivity contribution is 0.0461. The quantitative estimate of drug-likeness (QED) is 0.653. The average molecular weight is 395 g/mol. The van der Waals surface area contributed by atoms with Crippen molar-refractivity contribution in [2.24, 2.45) is 0 Å². The lowest BCUT2D eigenvalue weighted by atomic mass is 10.2. The maximum atomic E-state index is 12.3. The number of nitrogens with one attached hydrogen (secondary N) is 2. The average Bonchev–Trinajstić information content (AvgIpc) is 2.65. The molecule has 2 N–H and O–H groups in total. The van der Waals surface area contributed by atoms with Crippen molar-refractivity contribution < 1.29 is 19.1 Å². The summed E-state index contributed by atoms with van der Waals surface area (Å²) in [6, 6.07) is 13.2. The van der Waals surface area contributed by atoms with Crippen LogP contribution in [0.25, 0.3) is 10.9 Å². The number of hydrogen-bond donors (Lipinski definition) is 2. The summed E-state index contributed by atoms with van der Waals surface area (Å²) in [5.41, 5.74) is 0.216. The molecule has 0 aliphatic rings. The van der Waals surface area contributed by atoms with Gasteiger partial charge in [-0.15, -0.1) is 0 Å². The second-order valence-corrected chi connectivity index (χ2v) is 7.31. The Morgan fingerprint density at radius 1 is 1.10 bits per heavy atom. The highest BCUT2D eigenvalue weighted by Crippen LogP contribution is 2.15. The Bertz CT molecular complexity index is 1110. The van der Waals surface area contributed by atoms with Crippen molar-refractivity contribution in [1.82, 2.24) is 9.97 Å². The number of aromatic nitrogens is 2. The van der Waals surface area contributed by atoms with Crippen LogP contribution in [-0.2, 0) is 16.1 Å². The van der Waals surface area contributed by atoms with E-state index in [4.69, 9.17) is 9.47 Å². The molecule has 0 atom stereocenters. The molecule has 1 heterocycles. The molecule has 3 rings (SSSR count). The molecular weight excluding hydrogens is 374 g/mol. The zero-order valence-electron chi connectivity index (χ0n) is 16.3. The number of amides is 1. The van der Waals surface area contributed by atoms with Crippen LogP contribution < -0.4 is 10.9 Å². The summed E-state index contributed by atoms with van der Waals surface area (Å²) in [5.74, 6) is -0.376. The number of fused-ring (bicyclic) bond motifs is 1. The Morgan fingerprint density at radius 3 is 2.62 bits per heavy atom. The molecule has 0 unspecified atom stereocenters. The minimum absolute atomic E-state index is 0.192. The van der Waals surface area contributed by atoms with Gasteiger partial charge in [0.2, 0.25) is 0 Å². The molecule has 3 aromatic rings. The van der Waals surface area contributed by atoms with Crippen LogP contribution in [0.4, 0.5) is 10.5 Å². The molecule has 1 amide bonds. The van der Waals surface area contributed by atoms with Gasteiger partial charge in [0.05, 0.1) is 16.5 Å². The molecule has 0 aliphatic heterocycles. The molecule has 0 saturated carbocycles. The number of carbonyl (C=O) groups excluding carboxylic acids is 2. The van der Waals surface area contributed by atoms with E-state index in [1.54, 1.807) is 63.2 Å². The number of esters is 1. The van der Waals surface area contributed by atoms with Gasteiger partial charge in [-0.25, -0.2) is 14.6 Å². The van der Waals surface area contributed by atoms with Gasteiger partial charge in [0.1, 0.15) is 18.0 Å². The van der Waals surface area contributed by atoms with Crippen LogP contribution in [-0.4, -0.2) is 27.6 Å². The number of anilines is 1. The van der Waals surface area contributed by atoms with Gasteiger partial charge in [0.15, 0.2) is 0 Å². The first-order chi connectivity index (χ1) is 13.7. The summed E-state index contributed by atoms with van der Waals surface area (Å²) < 4.78 is 10.4. The fourth-order valence-electron chi connectivity index (χ4n) is 2.57. The minimum atomic E-state index is -0.635. The summed E-state index contributed by atoms with van der Waals surface area (Å²) in [4.78, 5) is 43.2. The normalized spacial score (nSPS) is 11.1. The lowest BCUT2D eigenvalue weighted by Crippen LogP contribution is -2.27. The summed E-state index contributed by atoms with van der Waals surface area (Å²) in [6.45, 7) is 5.07. The van der Waals surface area contributed by atoms with Crippen LogP contribution in [0.1, 0.15) is 37.0 Å². The smallest absolute Gasteiger partial charge is 0.412 e. The molecule has 0 fully saturated rings. The zero-order valence-corrected chi connectivity index (χ0v) is 16.3. The number of hydrogen-bond acceptors (Lipinski definition) is 6. The molecule has 0 spiro atoms. The molecule has 1 aromatic heterocycles. The van der Waals surface area contributed by atoms with E-state index in [9.17, 15) is 14.4 Å². The summed E-state index contributed by atoms with van der Waals surface area (Å²) in [5, 5.41) is 3.03. The van der Waals surface area contributed by atoms with Gasteiger partial charge < -0.3 is 14.5 Å². The molecule has 8 nitrogen and oxygen atoms in total. The first-order valence-electron chi connectivity index (χ1n) is 8.96. The summed E-state index contributed by atoms with van der Waals surface area (Å²) in [6.07, 6.45) is -0.624. The SMILES string of the molecule is CC(C)(C)OC(=O)Nc1cccc(C(=O)OCc2nc3ccccc3c(=O)[nH]2)c1. The van der Waals surface area contributed by atoms with E-state index in [0.717, 1.165) is 0 Å². The van der Waals surface area contributed by atoms with Gasteiger partial charge >= 0.3 is 12.1 Å². The second-order valence-electron chi connectivity index (χ2n) is 7.31. The number of carbonyl (C=O) groups is 2. The van der Waals surface area contributed by atoms with Crippen LogP contribution >= 0.6 is 0 Å². The predicted molar refractivity (Wildman–Crippen MR) is 108 cm³/mol. The van der Waals surface area contributed by atoms with Crippen LogP contribution in [0.5, 0.6) is 0 Å². The number of ether oxygens (including phenoxy) is 2. The molecular formula is C21H21N3O5. The monoisotopic (exact) mass is 395 g/mol. The van der Waals surface area contributed by atoms with Crippen LogP contribution in [0.2, 0.25) is 0 Å². The van der Waals surface area contributed by atoms with Crippen LogP contribution in [0.15, 0.2) is 53.3 Å². The third kappa shape index (κ3) is 5.41. The summed E-state index contributed by atoms with van der Waals surface area (Å²) in [7, 11) is 0. The van der Waals surface area contributed by atoms with E-state index < -0.39 is 17.7 Å². The van der Waals surface area contributed by atoms with Gasteiger partial charge in [-0.3, -0.25) is 10.1 Å². The van der Waals surface area contributed by atoms with Gasteiger partial charge in [-0.05, 0) is 51.1 Å². The number of benzene rings is 2. The van der Waals surface area contributed by atoms with E-state index in [1.165, 1.54) is 6.07 Å². The Labute approximate surface area is 166 Å². The Morgan fingerprint density at radius 2 is 1.86 bits per heavy atom. The fourth-order valence-corrected chi connectivity index (χ4v) is 2.57. The highest BCUT2D eigenvalue weighted by molar-refractivity contribution is 5.92. The Balaban J connectivity index is 1.67. The van der Waals surface area contributed by atoms with Crippen molar-refractivity contribution in [3.05, 3.63) is 70.3 Å². The van der Waals surface area contributed by atoms with Crippen LogP contribution in [0, 0.1) is 0 Å². The number of H-pyrrole nitrogens is 1. The fraction of sp³-hybridized carbons (Fsp3) is 0.238. The topological polar surface area (TPSA) is 110 Å². The first kappa shape index (κ1) is 20.1. The molecule has 150 valence electrons. The van der Waals surface area contributed by atoms with Crippen molar-refractivity contribution in [3.8, 4) is 0 Å². The third-order valence-corrected chi connectivity index (χ3v) is 3.75. The minimum Gasteiger partial charge on any atom is -0.454 e. The van der Waals surface area contributed by atoms with Crippen molar-refractivity contribution in [2.45, 2.75) is 33.0 Å². The Hall–Kier alpha value is -3.68. The highest BCUT2D eigenvalue weighted by atomic mass is 16.6. The molecule has 0 saturated heterocycles. The predicted octanol–water partition coefficient (Wildman–Crippen LogP) is 3.63. The number of nitrogens with zero attached hydrogens (tertiary/aromatic N) is 1. The maximum Gasteiger partial charge on any atom is 0.412 e. The molecule has 0 radical (unpaired) electrons. The van der Waals surface area contributed by atoms with Crippen molar-refractivity contribution in [3.63, 3.8) is 0 Å². The van der Waals surface area contributed by atoms with E-state index in [1.807, 2.05) is 0 Å². The van der Waals surface area contributed by atoms with E-state index >= 15 is 0 Å². The first-order valence-corrected chi connectivity index (χ1v) is 8.96. The van der Waals surface area contributed by atoms with E-state index in [2.05, 4.69) is 15.3 Å². The van der Waals surface area contributed by atoms with Gasteiger partial charge in [-0.1, -0.05) is 18.2 Å². The van der Waals surface area contributed by atoms with Crippen LogP contribution in [0.3, 0.4) is 0 Å². The van der Waals surface area contributed by atoms with Crippen molar-refractivity contribution in [2.75, 3.05) is 5.32 Å². The maximum absolute atomic E-state index is 12.3. The molecule has 8 heteroatoms. The zero-order chi connectivity index (χ0) is 21.0. The lowest BCUT2D eigenvalue weighted by Gasteiger charge is -2.19. The van der Waals surface area contributed by atoms with Gasteiger partial charge in [0, 0.05) is 5.69 Å². The number of para-hydroxylation sites is 1. The van der Waals surface area contributed by atoms with Gasteiger partial charge in [0.25, 0.3) is 5.56 Å². The standard InChI is InChI=1S/C21H21N3O5/c1-21(2,3)29-20(27)22-14-8-6-7-13(11-14)19(26)28-12-17-23-16-10-5-4-9-15(16)18(25)24-17/h4-11H,12H2,1-3H3,(H,22,27)(H,23,24,25). The highest BCUT2D eigenvalue weighted by Gasteiger charge is 2.17. The second kappa shape index (κ2) is 8.14. The summed E-state index contributed by atoms with van der Waals surface area (Å²) >= 11 is 0. The molecule has 0 aliphatic carbocycles. The number of aromatic amines is 1. The molecule has 0 bridgehead atoms. The number of rotatable bonds is 4.